The summed E-state index contributed by atoms with van der Waals surface area (Å²) in [4.78, 5) is 4.92. The first-order valence-corrected chi connectivity index (χ1v) is 7.73. The minimum Gasteiger partial charge on any atom is -0.388 e. The quantitative estimate of drug-likeness (QED) is 0.915. The van der Waals surface area contributed by atoms with E-state index in [-0.39, 0.29) is 6.10 Å². The van der Waals surface area contributed by atoms with Gasteiger partial charge in [0.25, 0.3) is 0 Å². The van der Waals surface area contributed by atoms with Crippen LogP contribution in [0.5, 0.6) is 0 Å². The largest absolute Gasteiger partial charge is 0.388 e. The summed E-state index contributed by atoms with van der Waals surface area (Å²) >= 11 is 0. The Kier molecular flexibility index (Phi) is 5.58. The fraction of sp³-hybridized carbons (Fsp3) is 0.647. The lowest BCUT2D eigenvalue weighted by Gasteiger charge is -2.28. The summed E-state index contributed by atoms with van der Waals surface area (Å²) in [5.41, 5.74) is 2.26. The molecule has 1 saturated heterocycles. The van der Waals surface area contributed by atoms with E-state index in [2.05, 4.69) is 42.8 Å². The number of hydrogen-bond donors (Lipinski definition) is 1. The van der Waals surface area contributed by atoms with Gasteiger partial charge in [-0.05, 0) is 52.4 Å². The van der Waals surface area contributed by atoms with Crippen molar-refractivity contribution in [3.05, 3.63) is 35.4 Å². The van der Waals surface area contributed by atoms with Crippen molar-refractivity contribution in [2.24, 2.45) is 0 Å². The molecule has 1 aromatic carbocycles. The van der Waals surface area contributed by atoms with E-state index in [1.807, 2.05) is 12.1 Å². The van der Waals surface area contributed by atoms with E-state index in [0.29, 0.717) is 6.04 Å². The molecular formula is C17H28N2O. The first-order valence-electron chi connectivity index (χ1n) is 7.73. The molecule has 0 aromatic heterocycles. The molecule has 0 amide bonds. The third-order valence-electron chi connectivity index (χ3n) is 4.30. The Hall–Kier alpha value is -0.900. The molecule has 0 bridgehead atoms. The van der Waals surface area contributed by atoms with Crippen LogP contribution in [-0.2, 0) is 0 Å². The molecule has 2 atom stereocenters. The molecule has 112 valence electrons. The average Bonchev–Trinajstić information content (AvgIpc) is 2.57. The van der Waals surface area contributed by atoms with E-state index in [1.165, 1.54) is 18.5 Å². The fourth-order valence-electron chi connectivity index (χ4n) is 3.09. The summed E-state index contributed by atoms with van der Waals surface area (Å²) in [6.07, 6.45) is 1.70. The summed E-state index contributed by atoms with van der Waals surface area (Å²) in [6.45, 7) is 8.79. The number of rotatable bonds is 4. The van der Waals surface area contributed by atoms with Gasteiger partial charge in [-0.1, -0.05) is 29.8 Å². The highest BCUT2D eigenvalue weighted by molar-refractivity contribution is 5.23. The monoisotopic (exact) mass is 276 g/mol. The van der Waals surface area contributed by atoms with Crippen LogP contribution < -0.4 is 0 Å². The smallest absolute Gasteiger partial charge is 0.0802 e. The van der Waals surface area contributed by atoms with E-state index in [1.54, 1.807) is 0 Å². The van der Waals surface area contributed by atoms with E-state index in [0.717, 1.165) is 31.6 Å². The summed E-state index contributed by atoms with van der Waals surface area (Å²) in [6, 6.07) is 8.79. The molecular weight excluding hydrogens is 248 g/mol. The molecule has 1 N–H and O–H groups in total. The molecule has 1 aromatic rings. The van der Waals surface area contributed by atoms with Gasteiger partial charge in [0.1, 0.15) is 0 Å². The molecule has 0 saturated carbocycles. The van der Waals surface area contributed by atoms with E-state index < -0.39 is 0 Å². The highest BCUT2D eigenvalue weighted by Gasteiger charge is 2.20. The minimum atomic E-state index is -0.344. The lowest BCUT2D eigenvalue weighted by atomic mass is 10.0. The van der Waals surface area contributed by atoms with Crippen molar-refractivity contribution in [1.82, 2.24) is 9.80 Å². The van der Waals surface area contributed by atoms with Crippen LogP contribution in [0.25, 0.3) is 0 Å². The molecule has 3 heteroatoms. The number of aliphatic hydroxyl groups is 1. The normalized spacial score (nSPS) is 23.5. The molecule has 1 heterocycles. The predicted octanol–water partition coefficient (Wildman–Crippen LogP) is 2.44. The Morgan fingerprint density at radius 1 is 1.35 bits per heavy atom. The Morgan fingerprint density at radius 3 is 2.90 bits per heavy atom. The van der Waals surface area contributed by atoms with Gasteiger partial charge >= 0.3 is 0 Å². The molecule has 20 heavy (non-hydrogen) atoms. The Bertz CT molecular complexity index is 421. The topological polar surface area (TPSA) is 26.7 Å². The van der Waals surface area contributed by atoms with Crippen LogP contribution >= 0.6 is 0 Å². The molecule has 1 aliphatic heterocycles. The predicted molar refractivity (Wildman–Crippen MR) is 83.9 cm³/mol. The maximum atomic E-state index is 10.3. The van der Waals surface area contributed by atoms with Gasteiger partial charge in [-0.3, -0.25) is 4.90 Å². The van der Waals surface area contributed by atoms with E-state index in [4.69, 9.17) is 0 Å². The van der Waals surface area contributed by atoms with Crippen molar-refractivity contribution in [3.8, 4) is 0 Å². The molecule has 1 fully saturated rings. The fourth-order valence-corrected chi connectivity index (χ4v) is 3.09. The van der Waals surface area contributed by atoms with Gasteiger partial charge in [0.15, 0.2) is 0 Å². The second kappa shape index (κ2) is 7.21. The van der Waals surface area contributed by atoms with Gasteiger partial charge in [0, 0.05) is 19.1 Å². The number of likely N-dealkylation sites (N-methyl/N-ethyl adjacent to an activating group) is 1. The highest BCUT2D eigenvalue weighted by atomic mass is 16.3. The first kappa shape index (κ1) is 15.5. The molecule has 3 nitrogen and oxygen atoms in total. The van der Waals surface area contributed by atoms with E-state index >= 15 is 0 Å². The second-order valence-corrected chi connectivity index (χ2v) is 6.22. The van der Waals surface area contributed by atoms with Gasteiger partial charge in [0.2, 0.25) is 0 Å². The number of aliphatic hydroxyl groups excluding tert-OH is 1. The van der Waals surface area contributed by atoms with Crippen LogP contribution in [0.15, 0.2) is 24.3 Å². The summed E-state index contributed by atoms with van der Waals surface area (Å²) in [7, 11) is 2.20. The van der Waals surface area contributed by atoms with Gasteiger partial charge in [-0.15, -0.1) is 0 Å². The van der Waals surface area contributed by atoms with Crippen molar-refractivity contribution in [3.63, 3.8) is 0 Å². The number of hydrogen-bond acceptors (Lipinski definition) is 3. The zero-order valence-corrected chi connectivity index (χ0v) is 13.0. The minimum absolute atomic E-state index is 0.344. The van der Waals surface area contributed by atoms with Gasteiger partial charge in [0.05, 0.1) is 6.10 Å². The Labute approximate surface area is 123 Å². The summed E-state index contributed by atoms with van der Waals surface area (Å²) < 4.78 is 0. The van der Waals surface area contributed by atoms with Crippen molar-refractivity contribution >= 4 is 0 Å². The molecule has 0 radical (unpaired) electrons. The van der Waals surface area contributed by atoms with E-state index in [9.17, 15) is 5.11 Å². The molecule has 1 aliphatic rings. The maximum Gasteiger partial charge on any atom is 0.0802 e. The maximum absolute atomic E-state index is 10.3. The van der Waals surface area contributed by atoms with Crippen LogP contribution in [-0.4, -0.2) is 54.2 Å². The van der Waals surface area contributed by atoms with Gasteiger partial charge in [-0.25, -0.2) is 0 Å². The van der Waals surface area contributed by atoms with Crippen molar-refractivity contribution < 1.29 is 5.11 Å². The molecule has 2 unspecified atom stereocenters. The van der Waals surface area contributed by atoms with Crippen LogP contribution in [0.3, 0.4) is 0 Å². The van der Waals surface area contributed by atoms with Crippen LogP contribution in [0.2, 0.25) is 0 Å². The Balaban J connectivity index is 1.87. The van der Waals surface area contributed by atoms with Gasteiger partial charge < -0.3 is 10.0 Å². The van der Waals surface area contributed by atoms with Crippen molar-refractivity contribution in [2.45, 2.75) is 38.8 Å². The van der Waals surface area contributed by atoms with Crippen LogP contribution in [0, 0.1) is 6.92 Å². The molecule has 0 aliphatic carbocycles. The number of aryl methyl sites for hydroxylation is 1. The highest BCUT2D eigenvalue weighted by Crippen LogP contribution is 2.19. The Morgan fingerprint density at radius 2 is 2.15 bits per heavy atom. The van der Waals surface area contributed by atoms with Crippen molar-refractivity contribution in [1.29, 1.82) is 0 Å². The third-order valence-corrected chi connectivity index (χ3v) is 4.30. The SMILES string of the molecule is Cc1cccc(C(O)CCN2CCCN(C)CC2C)c1. The summed E-state index contributed by atoms with van der Waals surface area (Å²) in [5.74, 6) is 0. The standard InChI is InChI=1S/C17H28N2O/c1-14-6-4-7-16(12-14)17(20)8-11-19-10-5-9-18(3)13-15(19)2/h4,6-7,12,15,17,20H,5,8-11,13H2,1-3H3. The molecule has 0 spiro atoms. The van der Waals surface area contributed by atoms with Crippen LogP contribution in [0.4, 0.5) is 0 Å². The third kappa shape index (κ3) is 4.30. The first-order chi connectivity index (χ1) is 9.56. The second-order valence-electron chi connectivity index (χ2n) is 6.22. The zero-order valence-electron chi connectivity index (χ0n) is 13.0. The van der Waals surface area contributed by atoms with Gasteiger partial charge in [-0.2, -0.15) is 0 Å². The number of benzene rings is 1. The summed E-state index contributed by atoms with van der Waals surface area (Å²) in [5, 5.41) is 10.3. The average molecular weight is 276 g/mol. The molecule has 2 rings (SSSR count). The van der Waals surface area contributed by atoms with Crippen molar-refractivity contribution in [2.75, 3.05) is 33.2 Å². The van der Waals surface area contributed by atoms with Crippen LogP contribution in [0.1, 0.15) is 37.0 Å². The lowest BCUT2D eigenvalue weighted by Crippen LogP contribution is -2.38. The lowest BCUT2D eigenvalue weighted by molar-refractivity contribution is 0.127. The number of nitrogens with zero attached hydrogens (tertiary/aromatic N) is 2. The zero-order chi connectivity index (χ0) is 14.5.